The van der Waals surface area contributed by atoms with Crippen LogP contribution < -0.4 is 10.1 Å². The van der Waals surface area contributed by atoms with E-state index in [9.17, 15) is 4.79 Å². The topological polar surface area (TPSA) is 38.3 Å². The maximum absolute atomic E-state index is 12.3. The summed E-state index contributed by atoms with van der Waals surface area (Å²) in [6, 6.07) is 16.6. The van der Waals surface area contributed by atoms with Crippen LogP contribution in [-0.4, -0.2) is 18.8 Å². The largest absolute Gasteiger partial charge is 0.497 e. The van der Waals surface area contributed by atoms with Crippen LogP contribution in [0.4, 0.5) is 0 Å². The highest BCUT2D eigenvalue weighted by molar-refractivity contribution is 7.99. The molecule has 1 amide bonds. The van der Waals surface area contributed by atoms with Crippen molar-refractivity contribution in [2.75, 3.05) is 12.9 Å². The van der Waals surface area contributed by atoms with Gasteiger partial charge in [0.05, 0.1) is 18.9 Å². The molecule has 3 rings (SSSR count). The molecule has 0 unspecified atom stereocenters. The number of nitrogens with one attached hydrogen (secondary N) is 1. The van der Waals surface area contributed by atoms with Gasteiger partial charge in [-0.3, -0.25) is 4.79 Å². The molecule has 1 atom stereocenters. The lowest BCUT2D eigenvalue weighted by molar-refractivity contribution is -0.119. The van der Waals surface area contributed by atoms with E-state index in [0.717, 1.165) is 30.8 Å². The van der Waals surface area contributed by atoms with Gasteiger partial charge >= 0.3 is 0 Å². The normalized spacial score (nSPS) is 16.3. The zero-order valence-electron chi connectivity index (χ0n) is 14.0. The number of carbonyl (C=O) groups is 1. The van der Waals surface area contributed by atoms with Crippen molar-refractivity contribution >= 4 is 17.7 Å². The van der Waals surface area contributed by atoms with Gasteiger partial charge in [0, 0.05) is 5.75 Å². The Morgan fingerprint density at radius 2 is 2.00 bits per heavy atom. The first kappa shape index (κ1) is 16.9. The van der Waals surface area contributed by atoms with Crippen LogP contribution in [0.2, 0.25) is 0 Å². The summed E-state index contributed by atoms with van der Waals surface area (Å²) in [5.41, 5.74) is 3.87. The number of hydrogen-bond acceptors (Lipinski definition) is 3. The molecule has 1 aliphatic rings. The number of ether oxygens (including phenoxy) is 1. The minimum Gasteiger partial charge on any atom is -0.497 e. The zero-order chi connectivity index (χ0) is 16.8. The molecule has 4 heteroatoms. The van der Waals surface area contributed by atoms with Crippen LogP contribution in [-0.2, 0) is 17.0 Å². The molecule has 0 bridgehead atoms. The summed E-state index contributed by atoms with van der Waals surface area (Å²) in [6.45, 7) is 0. The maximum Gasteiger partial charge on any atom is 0.230 e. The number of hydrogen-bond donors (Lipinski definition) is 1. The van der Waals surface area contributed by atoms with E-state index < -0.39 is 0 Å². The van der Waals surface area contributed by atoms with Crippen molar-refractivity contribution in [1.82, 2.24) is 5.32 Å². The van der Waals surface area contributed by atoms with Crippen LogP contribution in [0.1, 0.15) is 35.6 Å². The molecular weight excluding hydrogens is 318 g/mol. The summed E-state index contributed by atoms with van der Waals surface area (Å²) < 4.78 is 5.15. The molecule has 2 aromatic rings. The third-order valence-corrected chi connectivity index (χ3v) is 5.37. The molecule has 0 heterocycles. The number of methoxy groups -OCH3 is 1. The molecular formula is C20H23NO2S. The van der Waals surface area contributed by atoms with Crippen LogP contribution in [0.5, 0.6) is 5.75 Å². The van der Waals surface area contributed by atoms with Crippen molar-refractivity contribution in [3.05, 3.63) is 65.2 Å². The molecule has 126 valence electrons. The van der Waals surface area contributed by atoms with Crippen LogP contribution >= 0.6 is 11.8 Å². The fourth-order valence-corrected chi connectivity index (χ4v) is 3.92. The lowest BCUT2D eigenvalue weighted by atomic mass is 9.88. The molecule has 0 radical (unpaired) electrons. The average molecular weight is 341 g/mol. The summed E-state index contributed by atoms with van der Waals surface area (Å²) in [6.07, 6.45) is 3.29. The van der Waals surface area contributed by atoms with E-state index >= 15 is 0 Å². The Morgan fingerprint density at radius 3 is 2.79 bits per heavy atom. The van der Waals surface area contributed by atoms with Gasteiger partial charge in [0.1, 0.15) is 5.75 Å². The first-order valence-electron chi connectivity index (χ1n) is 8.34. The van der Waals surface area contributed by atoms with Gasteiger partial charge in [0.25, 0.3) is 0 Å². The second-order valence-corrected chi connectivity index (χ2v) is 7.04. The van der Waals surface area contributed by atoms with Crippen LogP contribution in [0, 0.1) is 0 Å². The minimum atomic E-state index is 0.121. The Morgan fingerprint density at radius 1 is 1.21 bits per heavy atom. The second kappa shape index (κ2) is 8.25. The van der Waals surface area contributed by atoms with Gasteiger partial charge in [-0.2, -0.15) is 0 Å². The zero-order valence-corrected chi connectivity index (χ0v) is 14.8. The van der Waals surface area contributed by atoms with E-state index in [1.54, 1.807) is 18.9 Å². The number of aryl methyl sites for hydroxylation is 1. The Labute approximate surface area is 147 Å². The summed E-state index contributed by atoms with van der Waals surface area (Å²) in [7, 11) is 1.66. The molecule has 1 N–H and O–H groups in total. The van der Waals surface area contributed by atoms with E-state index in [0.29, 0.717) is 5.75 Å². The van der Waals surface area contributed by atoms with E-state index in [1.807, 2.05) is 24.3 Å². The van der Waals surface area contributed by atoms with Gasteiger partial charge < -0.3 is 10.1 Å². The summed E-state index contributed by atoms with van der Waals surface area (Å²) in [5.74, 6) is 2.30. The van der Waals surface area contributed by atoms with Gasteiger partial charge in [-0.1, -0.05) is 36.4 Å². The van der Waals surface area contributed by atoms with E-state index in [2.05, 4.69) is 29.6 Å². The molecule has 0 aromatic heterocycles. The van der Waals surface area contributed by atoms with Crippen molar-refractivity contribution in [1.29, 1.82) is 0 Å². The fourth-order valence-electron chi connectivity index (χ4n) is 3.12. The molecule has 1 aliphatic carbocycles. The average Bonchev–Trinajstić information content (AvgIpc) is 2.63. The molecule has 0 spiro atoms. The molecule has 0 aliphatic heterocycles. The Balaban J connectivity index is 1.48. The van der Waals surface area contributed by atoms with Crippen molar-refractivity contribution < 1.29 is 9.53 Å². The molecule has 0 saturated heterocycles. The number of fused-ring (bicyclic) bond motifs is 1. The van der Waals surface area contributed by atoms with Crippen molar-refractivity contribution in [2.45, 2.75) is 31.1 Å². The van der Waals surface area contributed by atoms with Crippen molar-refractivity contribution in [3.63, 3.8) is 0 Å². The number of benzene rings is 2. The smallest absolute Gasteiger partial charge is 0.230 e. The lowest BCUT2D eigenvalue weighted by Crippen LogP contribution is -2.32. The number of thioether (sulfide) groups is 1. The van der Waals surface area contributed by atoms with Crippen molar-refractivity contribution in [3.8, 4) is 5.75 Å². The standard InChI is InChI=1S/C20H23NO2S/c1-23-17-11-9-15(10-12-17)13-24-14-20(22)21-19-8-4-6-16-5-2-3-7-18(16)19/h2-3,5,7,9-12,19H,4,6,8,13-14H2,1H3,(H,21,22)/t19-/m0/s1. The third-order valence-electron chi connectivity index (χ3n) is 4.37. The van der Waals surface area contributed by atoms with Gasteiger partial charge in [0.2, 0.25) is 5.91 Å². The highest BCUT2D eigenvalue weighted by atomic mass is 32.2. The first-order valence-corrected chi connectivity index (χ1v) is 9.49. The molecule has 2 aromatic carbocycles. The maximum atomic E-state index is 12.3. The van der Waals surface area contributed by atoms with Gasteiger partial charge in [0.15, 0.2) is 0 Å². The summed E-state index contributed by atoms with van der Waals surface area (Å²) in [4.78, 5) is 12.3. The van der Waals surface area contributed by atoms with E-state index in [1.165, 1.54) is 16.7 Å². The first-order chi connectivity index (χ1) is 11.8. The summed E-state index contributed by atoms with van der Waals surface area (Å²) in [5, 5.41) is 3.20. The van der Waals surface area contributed by atoms with Gasteiger partial charge in [-0.15, -0.1) is 11.8 Å². The third kappa shape index (κ3) is 4.32. The predicted octanol–water partition coefficient (Wildman–Crippen LogP) is 4.12. The minimum absolute atomic E-state index is 0.121. The van der Waals surface area contributed by atoms with E-state index in [-0.39, 0.29) is 11.9 Å². The lowest BCUT2D eigenvalue weighted by Gasteiger charge is -2.26. The number of carbonyl (C=O) groups excluding carboxylic acids is 1. The number of rotatable bonds is 6. The van der Waals surface area contributed by atoms with Gasteiger partial charge in [-0.25, -0.2) is 0 Å². The SMILES string of the molecule is COc1ccc(CSCC(=O)N[C@H]2CCCc3ccccc32)cc1. The van der Waals surface area contributed by atoms with Crippen molar-refractivity contribution in [2.24, 2.45) is 0 Å². The molecule has 24 heavy (non-hydrogen) atoms. The monoisotopic (exact) mass is 341 g/mol. The number of amides is 1. The Hall–Kier alpha value is -1.94. The van der Waals surface area contributed by atoms with Crippen LogP contribution in [0.15, 0.2) is 48.5 Å². The fraction of sp³-hybridized carbons (Fsp3) is 0.350. The highest BCUT2D eigenvalue weighted by Crippen LogP contribution is 2.29. The molecule has 3 nitrogen and oxygen atoms in total. The second-order valence-electron chi connectivity index (χ2n) is 6.05. The molecule has 0 fully saturated rings. The summed E-state index contributed by atoms with van der Waals surface area (Å²) >= 11 is 1.64. The quantitative estimate of drug-likeness (QED) is 0.859. The van der Waals surface area contributed by atoms with Crippen LogP contribution in [0.25, 0.3) is 0 Å². The highest BCUT2D eigenvalue weighted by Gasteiger charge is 2.21. The Bertz CT molecular complexity index is 684. The van der Waals surface area contributed by atoms with Gasteiger partial charge in [-0.05, 0) is 48.1 Å². The van der Waals surface area contributed by atoms with E-state index in [4.69, 9.17) is 4.74 Å². The Kier molecular flexibility index (Phi) is 5.81. The molecule has 0 saturated carbocycles. The predicted molar refractivity (Wildman–Crippen MR) is 99.4 cm³/mol. The van der Waals surface area contributed by atoms with Crippen LogP contribution in [0.3, 0.4) is 0 Å².